The second-order valence-corrected chi connectivity index (χ2v) is 4.57. The lowest BCUT2D eigenvalue weighted by molar-refractivity contribution is -0.274. The summed E-state index contributed by atoms with van der Waals surface area (Å²) in [7, 11) is 1.75. The van der Waals surface area contributed by atoms with Crippen molar-refractivity contribution in [3.8, 4) is 5.75 Å². The maximum absolute atomic E-state index is 12.3. The summed E-state index contributed by atoms with van der Waals surface area (Å²) < 4.78 is 40.8. The van der Waals surface area contributed by atoms with Crippen LogP contribution in [0.4, 0.5) is 13.2 Å². The fourth-order valence-corrected chi connectivity index (χ4v) is 2.16. The molecule has 21 heavy (non-hydrogen) atoms. The van der Waals surface area contributed by atoms with Crippen molar-refractivity contribution < 1.29 is 17.9 Å². The molecule has 1 N–H and O–H groups in total. The number of hydrogen-bond donors (Lipinski definition) is 1. The molecule has 1 atom stereocenters. The zero-order valence-corrected chi connectivity index (χ0v) is 11.6. The van der Waals surface area contributed by atoms with Crippen LogP contribution in [0.2, 0.25) is 0 Å². The Balaban J connectivity index is 2.32. The van der Waals surface area contributed by atoms with Crippen LogP contribution in [0.3, 0.4) is 0 Å². The van der Waals surface area contributed by atoms with Gasteiger partial charge in [0.05, 0.1) is 6.04 Å². The van der Waals surface area contributed by atoms with E-state index in [-0.39, 0.29) is 11.8 Å². The molecule has 0 amide bonds. The zero-order valence-electron chi connectivity index (χ0n) is 11.6. The Labute approximate surface area is 120 Å². The summed E-state index contributed by atoms with van der Waals surface area (Å²) in [5, 5.41) is 3.09. The molecule has 0 spiro atoms. The fraction of sp³-hybridized carbons (Fsp3) is 0.267. The predicted octanol–water partition coefficient (Wildman–Crippen LogP) is 3.60. The van der Waals surface area contributed by atoms with Gasteiger partial charge in [-0.05, 0) is 49.4 Å². The normalized spacial score (nSPS) is 13.0. The third-order valence-corrected chi connectivity index (χ3v) is 2.97. The van der Waals surface area contributed by atoms with E-state index in [9.17, 15) is 13.2 Å². The van der Waals surface area contributed by atoms with E-state index in [4.69, 9.17) is 0 Å². The Hall–Kier alpha value is -2.08. The summed E-state index contributed by atoms with van der Waals surface area (Å²) in [6.07, 6.45) is -3.02. The third kappa shape index (κ3) is 4.19. The van der Waals surface area contributed by atoms with Crippen LogP contribution < -0.4 is 10.1 Å². The number of aromatic nitrogens is 1. The first-order valence-corrected chi connectivity index (χ1v) is 6.34. The maximum atomic E-state index is 12.3. The van der Waals surface area contributed by atoms with Gasteiger partial charge >= 0.3 is 6.36 Å². The summed E-state index contributed by atoms with van der Waals surface area (Å²) >= 11 is 0. The molecule has 0 saturated carbocycles. The van der Waals surface area contributed by atoms with Crippen LogP contribution in [0.25, 0.3) is 0 Å². The van der Waals surface area contributed by atoms with Crippen molar-refractivity contribution in [3.63, 3.8) is 0 Å². The van der Waals surface area contributed by atoms with Crippen LogP contribution in [0.1, 0.15) is 22.9 Å². The maximum Gasteiger partial charge on any atom is 0.573 e. The van der Waals surface area contributed by atoms with E-state index >= 15 is 0 Å². The first-order valence-electron chi connectivity index (χ1n) is 6.34. The number of ether oxygens (including phenoxy) is 1. The van der Waals surface area contributed by atoms with Crippen molar-refractivity contribution in [3.05, 3.63) is 59.4 Å². The molecular formula is C15H15F3N2O. The van der Waals surface area contributed by atoms with Crippen molar-refractivity contribution in [1.82, 2.24) is 10.3 Å². The van der Waals surface area contributed by atoms with E-state index in [0.29, 0.717) is 5.56 Å². The van der Waals surface area contributed by atoms with Crippen molar-refractivity contribution in [2.45, 2.75) is 19.3 Å². The largest absolute Gasteiger partial charge is 0.573 e. The number of rotatable bonds is 4. The van der Waals surface area contributed by atoms with E-state index in [1.54, 1.807) is 19.3 Å². The van der Waals surface area contributed by atoms with E-state index in [2.05, 4.69) is 15.0 Å². The number of hydrogen-bond acceptors (Lipinski definition) is 3. The van der Waals surface area contributed by atoms with Gasteiger partial charge in [-0.3, -0.25) is 4.98 Å². The minimum absolute atomic E-state index is 0.231. The van der Waals surface area contributed by atoms with Gasteiger partial charge in [-0.15, -0.1) is 13.2 Å². The molecule has 0 radical (unpaired) electrons. The van der Waals surface area contributed by atoms with Gasteiger partial charge in [0, 0.05) is 11.9 Å². The van der Waals surface area contributed by atoms with Gasteiger partial charge in [0.15, 0.2) is 0 Å². The highest BCUT2D eigenvalue weighted by Crippen LogP contribution is 2.28. The minimum Gasteiger partial charge on any atom is -0.406 e. The Kier molecular flexibility index (Phi) is 4.47. The van der Waals surface area contributed by atoms with E-state index in [1.807, 2.05) is 19.1 Å². The van der Waals surface area contributed by atoms with Gasteiger partial charge in [0.1, 0.15) is 5.75 Å². The summed E-state index contributed by atoms with van der Waals surface area (Å²) in [4.78, 5) is 4.11. The van der Waals surface area contributed by atoms with Gasteiger partial charge in [-0.1, -0.05) is 12.1 Å². The average molecular weight is 296 g/mol. The molecule has 3 nitrogen and oxygen atoms in total. The molecule has 0 fully saturated rings. The van der Waals surface area contributed by atoms with Crippen molar-refractivity contribution in [2.24, 2.45) is 0 Å². The Morgan fingerprint density at radius 3 is 2.48 bits per heavy atom. The molecule has 112 valence electrons. The SMILES string of the molecule is CNC(c1cccc(OC(F)(F)F)c1)c1ccnc(C)c1. The Morgan fingerprint density at radius 2 is 1.86 bits per heavy atom. The Bertz CT molecular complexity index is 614. The van der Waals surface area contributed by atoms with Crippen LogP contribution in [0.15, 0.2) is 42.6 Å². The molecule has 0 bridgehead atoms. The van der Waals surface area contributed by atoms with Gasteiger partial charge in [0.2, 0.25) is 0 Å². The summed E-state index contributed by atoms with van der Waals surface area (Å²) in [6.45, 7) is 1.86. The molecule has 2 aromatic rings. The van der Waals surface area contributed by atoms with Crippen LogP contribution in [-0.2, 0) is 0 Å². The average Bonchev–Trinajstić information content (AvgIpc) is 2.38. The standard InChI is InChI=1S/C15H15F3N2O/c1-10-8-12(6-7-20-10)14(19-2)11-4-3-5-13(9-11)21-15(16,17)18/h3-9,14,19H,1-2H3. The van der Waals surface area contributed by atoms with Crippen LogP contribution in [0.5, 0.6) is 5.75 Å². The van der Waals surface area contributed by atoms with Crippen LogP contribution >= 0.6 is 0 Å². The molecule has 1 heterocycles. The van der Waals surface area contributed by atoms with Crippen molar-refractivity contribution in [2.75, 3.05) is 7.05 Å². The lowest BCUT2D eigenvalue weighted by Crippen LogP contribution is -2.19. The number of benzene rings is 1. The molecule has 0 aliphatic heterocycles. The number of pyridine rings is 1. The number of nitrogens with one attached hydrogen (secondary N) is 1. The fourth-order valence-electron chi connectivity index (χ4n) is 2.16. The van der Waals surface area contributed by atoms with Crippen molar-refractivity contribution in [1.29, 1.82) is 0 Å². The molecule has 1 aromatic heterocycles. The highest BCUT2D eigenvalue weighted by atomic mass is 19.4. The predicted molar refractivity (Wildman–Crippen MR) is 73.0 cm³/mol. The monoisotopic (exact) mass is 296 g/mol. The first-order chi connectivity index (χ1) is 9.89. The number of aryl methyl sites for hydroxylation is 1. The molecule has 6 heteroatoms. The van der Waals surface area contributed by atoms with Crippen LogP contribution in [-0.4, -0.2) is 18.4 Å². The molecule has 0 aliphatic rings. The Morgan fingerprint density at radius 1 is 1.14 bits per heavy atom. The molecule has 1 aromatic carbocycles. The summed E-state index contributed by atoms with van der Waals surface area (Å²) in [5.74, 6) is -0.231. The molecule has 0 saturated heterocycles. The highest BCUT2D eigenvalue weighted by molar-refractivity contribution is 5.36. The molecular weight excluding hydrogens is 281 g/mol. The lowest BCUT2D eigenvalue weighted by atomic mass is 9.99. The smallest absolute Gasteiger partial charge is 0.406 e. The lowest BCUT2D eigenvalue weighted by Gasteiger charge is -2.18. The second-order valence-electron chi connectivity index (χ2n) is 4.57. The van der Waals surface area contributed by atoms with E-state index < -0.39 is 6.36 Å². The first kappa shape index (κ1) is 15.3. The number of halogens is 3. The summed E-state index contributed by atoms with van der Waals surface area (Å²) in [5.41, 5.74) is 2.45. The van der Waals surface area contributed by atoms with E-state index in [0.717, 1.165) is 11.3 Å². The van der Waals surface area contributed by atoms with Gasteiger partial charge in [-0.2, -0.15) is 0 Å². The number of alkyl halides is 3. The molecule has 2 rings (SSSR count). The molecule has 0 aliphatic carbocycles. The second kappa shape index (κ2) is 6.13. The molecule has 1 unspecified atom stereocenters. The third-order valence-electron chi connectivity index (χ3n) is 2.97. The highest BCUT2D eigenvalue weighted by Gasteiger charge is 2.31. The van der Waals surface area contributed by atoms with Gasteiger partial charge in [-0.25, -0.2) is 0 Å². The van der Waals surface area contributed by atoms with E-state index in [1.165, 1.54) is 18.2 Å². The van der Waals surface area contributed by atoms with Crippen molar-refractivity contribution >= 4 is 0 Å². The van der Waals surface area contributed by atoms with Gasteiger partial charge in [0.25, 0.3) is 0 Å². The topological polar surface area (TPSA) is 34.1 Å². The van der Waals surface area contributed by atoms with Crippen LogP contribution in [0, 0.1) is 6.92 Å². The number of nitrogens with zero attached hydrogens (tertiary/aromatic N) is 1. The van der Waals surface area contributed by atoms with Gasteiger partial charge < -0.3 is 10.1 Å². The summed E-state index contributed by atoms with van der Waals surface area (Å²) in [6, 6.07) is 9.42. The minimum atomic E-state index is -4.69. The zero-order chi connectivity index (χ0) is 15.5. The quantitative estimate of drug-likeness (QED) is 0.936.